The van der Waals surface area contributed by atoms with Crippen molar-refractivity contribution in [1.29, 1.82) is 0 Å². The first-order valence-corrected chi connectivity index (χ1v) is 4.85. The molecule has 2 heteroatoms. The van der Waals surface area contributed by atoms with Crippen molar-refractivity contribution in [3.05, 3.63) is 41.5 Å². The predicted octanol–water partition coefficient (Wildman–Crippen LogP) is 1.99. The van der Waals surface area contributed by atoms with Gasteiger partial charge in [0.25, 0.3) is 0 Å². The summed E-state index contributed by atoms with van der Waals surface area (Å²) in [6, 6.07) is 5.14. The highest BCUT2D eigenvalue weighted by Crippen LogP contribution is 2.29. The summed E-state index contributed by atoms with van der Waals surface area (Å²) in [6.07, 6.45) is 1.67. The van der Waals surface area contributed by atoms with E-state index in [-0.39, 0.29) is 11.0 Å². The SMILES string of the molecule is C=Cc1cccc(C(=O)[O-])c1C(C)(C)C. The zero-order valence-corrected chi connectivity index (χ0v) is 9.33. The maximum Gasteiger partial charge on any atom is 0.0718 e. The van der Waals surface area contributed by atoms with Gasteiger partial charge < -0.3 is 9.90 Å². The zero-order chi connectivity index (χ0) is 11.6. The van der Waals surface area contributed by atoms with E-state index in [1.54, 1.807) is 18.2 Å². The standard InChI is InChI=1S/C13H16O2/c1-5-9-7-6-8-10(12(14)15)11(9)13(2,3)4/h5-8H,1H2,2-4H3,(H,14,15)/p-1. The second-order valence-corrected chi connectivity index (χ2v) is 4.51. The Morgan fingerprint density at radius 1 is 1.40 bits per heavy atom. The summed E-state index contributed by atoms with van der Waals surface area (Å²) < 4.78 is 0. The highest BCUT2D eigenvalue weighted by atomic mass is 16.4. The van der Waals surface area contributed by atoms with E-state index < -0.39 is 5.97 Å². The van der Waals surface area contributed by atoms with Crippen LogP contribution in [0.3, 0.4) is 0 Å². The maximum atomic E-state index is 11.0. The summed E-state index contributed by atoms with van der Waals surface area (Å²) in [5, 5.41) is 11.0. The smallest absolute Gasteiger partial charge is 0.0718 e. The van der Waals surface area contributed by atoms with Crippen LogP contribution < -0.4 is 5.11 Å². The minimum atomic E-state index is -1.14. The number of carboxylic acid groups (broad SMARTS) is 1. The van der Waals surface area contributed by atoms with Gasteiger partial charge in [-0.25, -0.2) is 0 Å². The van der Waals surface area contributed by atoms with Crippen LogP contribution in [0.1, 0.15) is 42.3 Å². The molecule has 0 fully saturated rings. The van der Waals surface area contributed by atoms with E-state index in [4.69, 9.17) is 0 Å². The van der Waals surface area contributed by atoms with E-state index in [1.165, 1.54) is 0 Å². The van der Waals surface area contributed by atoms with Gasteiger partial charge in [-0.1, -0.05) is 51.6 Å². The molecular formula is C13H15O2-. The normalized spacial score (nSPS) is 11.1. The molecule has 0 saturated carbocycles. The van der Waals surface area contributed by atoms with Crippen LogP contribution in [0.5, 0.6) is 0 Å². The highest BCUT2D eigenvalue weighted by molar-refractivity contribution is 5.89. The molecule has 0 amide bonds. The van der Waals surface area contributed by atoms with Gasteiger partial charge in [0.1, 0.15) is 0 Å². The lowest BCUT2D eigenvalue weighted by Gasteiger charge is -2.25. The quantitative estimate of drug-likeness (QED) is 0.737. The summed E-state index contributed by atoms with van der Waals surface area (Å²) >= 11 is 0. The molecule has 15 heavy (non-hydrogen) atoms. The van der Waals surface area contributed by atoms with Gasteiger partial charge in [-0.2, -0.15) is 0 Å². The van der Waals surface area contributed by atoms with E-state index in [2.05, 4.69) is 6.58 Å². The molecule has 0 aliphatic heterocycles. The van der Waals surface area contributed by atoms with E-state index in [9.17, 15) is 9.90 Å². The van der Waals surface area contributed by atoms with Crippen LogP contribution >= 0.6 is 0 Å². The van der Waals surface area contributed by atoms with Crippen molar-refractivity contribution < 1.29 is 9.90 Å². The van der Waals surface area contributed by atoms with Crippen LogP contribution in [-0.4, -0.2) is 5.97 Å². The minimum absolute atomic E-state index is 0.236. The summed E-state index contributed by atoms with van der Waals surface area (Å²) in [7, 11) is 0. The third-order valence-corrected chi connectivity index (χ3v) is 2.29. The molecule has 0 unspecified atom stereocenters. The Labute approximate surface area is 90.3 Å². The fourth-order valence-corrected chi connectivity index (χ4v) is 1.75. The summed E-state index contributed by atoms with van der Waals surface area (Å²) in [6.45, 7) is 9.61. The molecule has 0 aromatic heterocycles. The van der Waals surface area contributed by atoms with Crippen LogP contribution in [0.15, 0.2) is 24.8 Å². The first kappa shape index (κ1) is 11.5. The molecule has 1 aromatic carbocycles. The Balaban J connectivity index is 3.54. The molecule has 2 nitrogen and oxygen atoms in total. The van der Waals surface area contributed by atoms with E-state index in [0.717, 1.165) is 11.1 Å². The molecule has 0 N–H and O–H groups in total. The predicted molar refractivity (Wildman–Crippen MR) is 59.6 cm³/mol. The fourth-order valence-electron chi connectivity index (χ4n) is 1.75. The van der Waals surface area contributed by atoms with Crippen LogP contribution in [0.4, 0.5) is 0 Å². The summed E-state index contributed by atoms with van der Waals surface area (Å²) in [5.41, 5.74) is 1.64. The number of hydrogen-bond acceptors (Lipinski definition) is 2. The van der Waals surface area contributed by atoms with Crippen molar-refractivity contribution in [2.75, 3.05) is 0 Å². The number of carbonyl (C=O) groups excluding carboxylic acids is 1. The summed E-state index contributed by atoms with van der Waals surface area (Å²) in [4.78, 5) is 11.0. The van der Waals surface area contributed by atoms with E-state index in [0.29, 0.717) is 0 Å². The van der Waals surface area contributed by atoms with E-state index >= 15 is 0 Å². The Morgan fingerprint density at radius 2 is 2.00 bits per heavy atom. The van der Waals surface area contributed by atoms with Gasteiger partial charge in [0.2, 0.25) is 0 Å². The number of aromatic carboxylic acids is 1. The first-order valence-electron chi connectivity index (χ1n) is 4.85. The first-order chi connectivity index (χ1) is 6.88. The highest BCUT2D eigenvalue weighted by Gasteiger charge is 2.20. The number of benzene rings is 1. The number of carboxylic acids is 1. The molecule has 1 aromatic rings. The van der Waals surface area contributed by atoms with Gasteiger partial charge in [0.05, 0.1) is 5.97 Å². The maximum absolute atomic E-state index is 11.0. The molecule has 0 radical (unpaired) electrons. The lowest BCUT2D eigenvalue weighted by atomic mass is 9.80. The van der Waals surface area contributed by atoms with Crippen molar-refractivity contribution >= 4 is 12.0 Å². The molecule has 0 atom stereocenters. The average Bonchev–Trinajstić information content (AvgIpc) is 2.15. The Kier molecular flexibility index (Phi) is 2.98. The monoisotopic (exact) mass is 203 g/mol. The fraction of sp³-hybridized carbons (Fsp3) is 0.308. The lowest BCUT2D eigenvalue weighted by Crippen LogP contribution is -2.27. The Hall–Kier alpha value is -1.57. The molecule has 1 rings (SSSR count). The van der Waals surface area contributed by atoms with Crippen LogP contribution in [-0.2, 0) is 5.41 Å². The van der Waals surface area contributed by atoms with Crippen molar-refractivity contribution in [1.82, 2.24) is 0 Å². The van der Waals surface area contributed by atoms with Gasteiger partial charge >= 0.3 is 0 Å². The third kappa shape index (κ3) is 2.27. The van der Waals surface area contributed by atoms with E-state index in [1.807, 2.05) is 26.8 Å². The number of rotatable bonds is 2. The number of hydrogen-bond donors (Lipinski definition) is 0. The second kappa shape index (κ2) is 3.89. The molecule has 0 aliphatic carbocycles. The topological polar surface area (TPSA) is 40.1 Å². The Morgan fingerprint density at radius 3 is 2.40 bits per heavy atom. The van der Waals surface area contributed by atoms with Crippen LogP contribution in [0, 0.1) is 0 Å². The molecule has 0 heterocycles. The molecule has 80 valence electrons. The Bertz CT molecular complexity index is 397. The van der Waals surface area contributed by atoms with Gasteiger partial charge in [0, 0.05) is 5.56 Å². The van der Waals surface area contributed by atoms with Crippen LogP contribution in [0.2, 0.25) is 0 Å². The average molecular weight is 203 g/mol. The largest absolute Gasteiger partial charge is 0.545 e. The van der Waals surface area contributed by atoms with Crippen molar-refractivity contribution in [2.24, 2.45) is 0 Å². The molecule has 0 saturated heterocycles. The zero-order valence-electron chi connectivity index (χ0n) is 9.33. The third-order valence-electron chi connectivity index (χ3n) is 2.29. The van der Waals surface area contributed by atoms with Gasteiger partial charge in [-0.15, -0.1) is 0 Å². The van der Waals surface area contributed by atoms with Gasteiger partial charge in [-0.05, 0) is 16.5 Å². The molecule has 0 aliphatic rings. The van der Waals surface area contributed by atoms with Gasteiger partial charge in [-0.3, -0.25) is 0 Å². The van der Waals surface area contributed by atoms with Crippen molar-refractivity contribution in [3.63, 3.8) is 0 Å². The second-order valence-electron chi connectivity index (χ2n) is 4.51. The van der Waals surface area contributed by atoms with Crippen LogP contribution in [0.25, 0.3) is 6.08 Å². The number of carbonyl (C=O) groups is 1. The lowest BCUT2D eigenvalue weighted by molar-refractivity contribution is -0.255. The molecule has 0 spiro atoms. The van der Waals surface area contributed by atoms with Crippen molar-refractivity contribution in [2.45, 2.75) is 26.2 Å². The van der Waals surface area contributed by atoms with Gasteiger partial charge in [0.15, 0.2) is 0 Å². The van der Waals surface area contributed by atoms with Crippen molar-refractivity contribution in [3.8, 4) is 0 Å². The summed E-state index contributed by atoms with van der Waals surface area (Å²) in [5.74, 6) is -1.14. The molecule has 0 bridgehead atoms. The molecular weight excluding hydrogens is 188 g/mol. The minimum Gasteiger partial charge on any atom is -0.545 e.